The minimum absolute atomic E-state index is 0.0591. The molecule has 0 fully saturated rings. The highest BCUT2D eigenvalue weighted by Gasteiger charge is 2.24. The van der Waals surface area contributed by atoms with Crippen molar-refractivity contribution in [2.24, 2.45) is 5.73 Å². The van der Waals surface area contributed by atoms with Gasteiger partial charge >= 0.3 is 0 Å². The standard InChI is InChI=1S/C15H27NO3/c1-6-12(16)14(13-8-7-11(2)19-13)18-10-9-15(3,4)17-5/h7-8,12,14H,6,9-10,16H2,1-5H3. The normalized spacial score (nSPS) is 15.5. The number of methoxy groups -OCH3 is 1. The molecule has 0 bridgehead atoms. The highest BCUT2D eigenvalue weighted by molar-refractivity contribution is 5.10. The van der Waals surface area contributed by atoms with Crippen LogP contribution in [0.1, 0.15) is 51.2 Å². The van der Waals surface area contributed by atoms with E-state index in [1.165, 1.54) is 0 Å². The van der Waals surface area contributed by atoms with E-state index in [-0.39, 0.29) is 17.7 Å². The molecule has 4 nitrogen and oxygen atoms in total. The molecule has 1 aromatic rings. The molecule has 0 saturated carbocycles. The van der Waals surface area contributed by atoms with Crippen LogP contribution in [0.25, 0.3) is 0 Å². The van der Waals surface area contributed by atoms with E-state index in [1.54, 1.807) is 7.11 Å². The van der Waals surface area contributed by atoms with E-state index in [0.717, 1.165) is 24.4 Å². The second-order valence-electron chi connectivity index (χ2n) is 5.53. The molecule has 1 rings (SSSR count). The van der Waals surface area contributed by atoms with Crippen molar-refractivity contribution in [1.82, 2.24) is 0 Å². The van der Waals surface area contributed by atoms with Gasteiger partial charge < -0.3 is 19.6 Å². The Bertz CT molecular complexity index is 373. The van der Waals surface area contributed by atoms with Gasteiger partial charge in [0.15, 0.2) is 0 Å². The quantitative estimate of drug-likeness (QED) is 0.787. The Morgan fingerprint density at radius 2 is 2.05 bits per heavy atom. The fourth-order valence-corrected chi connectivity index (χ4v) is 1.77. The molecular weight excluding hydrogens is 242 g/mol. The summed E-state index contributed by atoms with van der Waals surface area (Å²) >= 11 is 0. The molecule has 0 spiro atoms. The summed E-state index contributed by atoms with van der Waals surface area (Å²) in [6.45, 7) is 8.66. The maximum Gasteiger partial charge on any atom is 0.134 e. The van der Waals surface area contributed by atoms with Gasteiger partial charge in [0, 0.05) is 13.2 Å². The van der Waals surface area contributed by atoms with Crippen molar-refractivity contribution < 1.29 is 13.9 Å². The monoisotopic (exact) mass is 269 g/mol. The SMILES string of the molecule is CCC(N)C(OCCC(C)(C)OC)c1ccc(C)o1. The molecule has 0 aliphatic carbocycles. The molecule has 110 valence electrons. The molecule has 0 radical (unpaired) electrons. The zero-order valence-electron chi connectivity index (χ0n) is 12.7. The van der Waals surface area contributed by atoms with Gasteiger partial charge in [-0.3, -0.25) is 0 Å². The molecule has 0 saturated heterocycles. The lowest BCUT2D eigenvalue weighted by Gasteiger charge is -2.26. The van der Waals surface area contributed by atoms with Crippen LogP contribution in [0, 0.1) is 6.92 Å². The van der Waals surface area contributed by atoms with Crippen LogP contribution in [0.4, 0.5) is 0 Å². The van der Waals surface area contributed by atoms with Gasteiger partial charge in [0.05, 0.1) is 12.2 Å². The Hall–Kier alpha value is -0.840. The van der Waals surface area contributed by atoms with Gasteiger partial charge in [-0.2, -0.15) is 0 Å². The number of nitrogens with two attached hydrogens (primary N) is 1. The summed E-state index contributed by atoms with van der Waals surface area (Å²) < 4.78 is 17.0. The largest absolute Gasteiger partial charge is 0.464 e. The van der Waals surface area contributed by atoms with Crippen LogP contribution in [-0.2, 0) is 9.47 Å². The zero-order valence-corrected chi connectivity index (χ0v) is 12.7. The first-order valence-electron chi connectivity index (χ1n) is 6.88. The summed E-state index contributed by atoms with van der Waals surface area (Å²) in [4.78, 5) is 0. The average molecular weight is 269 g/mol. The van der Waals surface area contributed by atoms with Crippen molar-refractivity contribution in [3.63, 3.8) is 0 Å². The van der Waals surface area contributed by atoms with Crippen molar-refractivity contribution in [3.8, 4) is 0 Å². The number of furan rings is 1. The predicted molar refractivity (Wildman–Crippen MR) is 76.1 cm³/mol. The second kappa shape index (κ2) is 7.08. The molecule has 2 unspecified atom stereocenters. The van der Waals surface area contributed by atoms with E-state index in [4.69, 9.17) is 19.6 Å². The van der Waals surface area contributed by atoms with E-state index >= 15 is 0 Å². The summed E-state index contributed by atoms with van der Waals surface area (Å²) in [5.41, 5.74) is 5.94. The third kappa shape index (κ3) is 4.97. The van der Waals surface area contributed by atoms with E-state index in [9.17, 15) is 0 Å². The van der Waals surface area contributed by atoms with Crippen LogP contribution in [0.5, 0.6) is 0 Å². The van der Waals surface area contributed by atoms with E-state index < -0.39 is 0 Å². The predicted octanol–water partition coefficient (Wildman–Crippen LogP) is 3.20. The molecule has 1 aromatic heterocycles. The smallest absolute Gasteiger partial charge is 0.134 e. The maximum absolute atomic E-state index is 6.12. The second-order valence-corrected chi connectivity index (χ2v) is 5.53. The van der Waals surface area contributed by atoms with Crippen molar-refractivity contribution in [1.29, 1.82) is 0 Å². The maximum atomic E-state index is 6.12. The lowest BCUT2D eigenvalue weighted by Crippen LogP contribution is -2.31. The van der Waals surface area contributed by atoms with Crippen molar-refractivity contribution in [2.45, 2.75) is 58.3 Å². The lowest BCUT2D eigenvalue weighted by molar-refractivity contribution is -0.0384. The van der Waals surface area contributed by atoms with Crippen LogP contribution in [0.15, 0.2) is 16.5 Å². The Kier molecular flexibility index (Phi) is 6.04. The Balaban J connectivity index is 2.61. The van der Waals surface area contributed by atoms with Crippen LogP contribution in [0.2, 0.25) is 0 Å². The number of hydrogen-bond acceptors (Lipinski definition) is 4. The third-order valence-electron chi connectivity index (χ3n) is 3.46. The number of aryl methyl sites for hydroxylation is 1. The highest BCUT2D eigenvalue weighted by atomic mass is 16.5. The van der Waals surface area contributed by atoms with Crippen LogP contribution in [0.3, 0.4) is 0 Å². The van der Waals surface area contributed by atoms with Gasteiger partial charge in [0.25, 0.3) is 0 Å². The Morgan fingerprint density at radius 1 is 1.37 bits per heavy atom. The van der Waals surface area contributed by atoms with Crippen LogP contribution in [-0.4, -0.2) is 25.4 Å². The first kappa shape index (κ1) is 16.2. The van der Waals surface area contributed by atoms with Gasteiger partial charge in [-0.1, -0.05) is 6.92 Å². The molecule has 19 heavy (non-hydrogen) atoms. The first-order chi connectivity index (χ1) is 8.89. The number of ether oxygens (including phenoxy) is 2. The van der Waals surface area contributed by atoms with Crippen molar-refractivity contribution >= 4 is 0 Å². The summed E-state index contributed by atoms with van der Waals surface area (Å²) in [5.74, 6) is 1.69. The van der Waals surface area contributed by atoms with Crippen LogP contribution < -0.4 is 5.73 Å². The molecule has 1 heterocycles. The van der Waals surface area contributed by atoms with Gasteiger partial charge in [0.2, 0.25) is 0 Å². The minimum Gasteiger partial charge on any atom is -0.464 e. The summed E-state index contributed by atoms with van der Waals surface area (Å²) in [6, 6.07) is 3.82. The van der Waals surface area contributed by atoms with Gasteiger partial charge in [-0.25, -0.2) is 0 Å². The molecule has 0 amide bonds. The molecule has 4 heteroatoms. The topological polar surface area (TPSA) is 57.6 Å². The lowest BCUT2D eigenvalue weighted by atomic mass is 10.1. The number of rotatable bonds is 8. The van der Waals surface area contributed by atoms with Crippen LogP contribution >= 0.6 is 0 Å². The van der Waals surface area contributed by atoms with Gasteiger partial charge in [0.1, 0.15) is 17.6 Å². The molecule has 0 aromatic carbocycles. The third-order valence-corrected chi connectivity index (χ3v) is 3.46. The molecule has 2 N–H and O–H groups in total. The molecule has 0 aliphatic rings. The van der Waals surface area contributed by atoms with Crippen molar-refractivity contribution in [2.75, 3.05) is 13.7 Å². The van der Waals surface area contributed by atoms with E-state index in [1.807, 2.05) is 32.9 Å². The highest BCUT2D eigenvalue weighted by Crippen LogP contribution is 2.25. The van der Waals surface area contributed by atoms with E-state index in [0.29, 0.717) is 6.61 Å². The Morgan fingerprint density at radius 3 is 2.53 bits per heavy atom. The first-order valence-corrected chi connectivity index (χ1v) is 6.88. The Labute approximate surface area is 116 Å². The summed E-state index contributed by atoms with van der Waals surface area (Å²) in [6.07, 6.45) is 1.47. The van der Waals surface area contributed by atoms with Crippen molar-refractivity contribution in [3.05, 3.63) is 23.7 Å². The minimum atomic E-state index is -0.189. The molecular formula is C15H27NO3. The molecule has 0 aliphatic heterocycles. The average Bonchev–Trinajstić information content (AvgIpc) is 2.80. The number of hydrogen-bond donors (Lipinski definition) is 1. The van der Waals surface area contributed by atoms with E-state index in [2.05, 4.69) is 6.92 Å². The summed E-state index contributed by atoms with van der Waals surface area (Å²) in [5, 5.41) is 0. The van der Waals surface area contributed by atoms with Gasteiger partial charge in [-0.15, -0.1) is 0 Å². The fourth-order valence-electron chi connectivity index (χ4n) is 1.77. The summed E-state index contributed by atoms with van der Waals surface area (Å²) in [7, 11) is 1.71. The molecule has 2 atom stereocenters. The van der Waals surface area contributed by atoms with Gasteiger partial charge in [-0.05, 0) is 45.7 Å². The fraction of sp³-hybridized carbons (Fsp3) is 0.733. The zero-order chi connectivity index (χ0) is 14.5.